The summed E-state index contributed by atoms with van der Waals surface area (Å²) in [6, 6.07) is 7.59. The maximum absolute atomic E-state index is 12.1. The van der Waals surface area contributed by atoms with Gasteiger partial charge in [-0.25, -0.2) is 0 Å². The van der Waals surface area contributed by atoms with Gasteiger partial charge in [-0.15, -0.1) is 0 Å². The monoisotopic (exact) mass is 232 g/mol. The zero-order valence-corrected chi connectivity index (χ0v) is 10.1. The lowest BCUT2D eigenvalue weighted by Crippen LogP contribution is -2.43. The summed E-state index contributed by atoms with van der Waals surface area (Å²) < 4.78 is 0. The van der Waals surface area contributed by atoms with Crippen molar-refractivity contribution in [3.05, 3.63) is 35.4 Å². The first-order chi connectivity index (χ1) is 8.09. The molecule has 0 unspecified atom stereocenters. The van der Waals surface area contributed by atoms with Crippen LogP contribution in [-0.4, -0.2) is 48.8 Å². The third-order valence-corrected chi connectivity index (χ3v) is 3.01. The molecule has 0 bridgehead atoms. The van der Waals surface area contributed by atoms with Crippen molar-refractivity contribution in [2.45, 2.75) is 6.42 Å². The van der Waals surface area contributed by atoms with Crippen LogP contribution in [0.4, 0.5) is 0 Å². The van der Waals surface area contributed by atoms with Crippen LogP contribution in [0.25, 0.3) is 0 Å². The zero-order chi connectivity index (χ0) is 12.4. The van der Waals surface area contributed by atoms with E-state index in [1.54, 1.807) is 19.0 Å². The molecule has 0 spiro atoms. The fourth-order valence-electron chi connectivity index (χ4n) is 1.93. The predicted octanol–water partition coefficient (Wildman–Crippen LogP) is 0.773. The molecule has 1 aliphatic heterocycles. The Labute approximate surface area is 101 Å². The second-order valence-corrected chi connectivity index (χ2v) is 4.42. The van der Waals surface area contributed by atoms with E-state index < -0.39 is 0 Å². The summed E-state index contributed by atoms with van der Waals surface area (Å²) in [6.07, 6.45) is 0.822. The van der Waals surface area contributed by atoms with Gasteiger partial charge in [-0.1, -0.05) is 18.2 Å². The number of carbonyl (C=O) groups excluding carboxylic acids is 2. The number of hydrogen-bond donors (Lipinski definition) is 0. The molecule has 2 amide bonds. The molecule has 1 aliphatic rings. The number of amides is 2. The molecule has 1 aromatic carbocycles. The van der Waals surface area contributed by atoms with Crippen LogP contribution in [0.2, 0.25) is 0 Å². The Balaban J connectivity index is 2.15. The van der Waals surface area contributed by atoms with Crippen molar-refractivity contribution in [3.63, 3.8) is 0 Å². The van der Waals surface area contributed by atoms with E-state index in [2.05, 4.69) is 0 Å². The molecule has 17 heavy (non-hydrogen) atoms. The maximum atomic E-state index is 12.1. The Bertz CT molecular complexity index is 454. The van der Waals surface area contributed by atoms with Gasteiger partial charge in [0.2, 0.25) is 5.91 Å². The predicted molar refractivity (Wildman–Crippen MR) is 64.7 cm³/mol. The fraction of sp³-hybridized carbons (Fsp3) is 0.385. The van der Waals surface area contributed by atoms with Gasteiger partial charge in [0, 0.05) is 26.2 Å². The number of rotatable bonds is 2. The van der Waals surface area contributed by atoms with Crippen LogP contribution < -0.4 is 0 Å². The topological polar surface area (TPSA) is 40.6 Å². The van der Waals surface area contributed by atoms with Crippen LogP contribution >= 0.6 is 0 Å². The minimum Gasteiger partial charge on any atom is -0.347 e. The number of carbonyl (C=O) groups is 2. The average molecular weight is 232 g/mol. The van der Waals surface area contributed by atoms with E-state index in [1.807, 2.05) is 24.3 Å². The SMILES string of the molecule is CN(C)C(=O)CN1CCc2ccccc2C1=O. The summed E-state index contributed by atoms with van der Waals surface area (Å²) in [4.78, 5) is 26.9. The molecule has 1 heterocycles. The van der Waals surface area contributed by atoms with Gasteiger partial charge in [0.25, 0.3) is 5.91 Å². The molecule has 0 aliphatic carbocycles. The molecule has 0 saturated carbocycles. The molecule has 1 aromatic rings. The molecule has 0 saturated heterocycles. The van der Waals surface area contributed by atoms with Crippen LogP contribution in [0.15, 0.2) is 24.3 Å². The van der Waals surface area contributed by atoms with E-state index >= 15 is 0 Å². The Morgan fingerprint density at radius 1 is 1.35 bits per heavy atom. The first-order valence-corrected chi connectivity index (χ1v) is 5.67. The Morgan fingerprint density at radius 3 is 2.76 bits per heavy atom. The Morgan fingerprint density at radius 2 is 2.06 bits per heavy atom. The Hall–Kier alpha value is -1.84. The largest absolute Gasteiger partial charge is 0.347 e. The number of likely N-dealkylation sites (N-methyl/N-ethyl adjacent to an activating group) is 1. The van der Waals surface area contributed by atoms with Crippen LogP contribution in [-0.2, 0) is 11.2 Å². The highest BCUT2D eigenvalue weighted by atomic mass is 16.2. The minimum atomic E-state index is -0.0438. The second-order valence-electron chi connectivity index (χ2n) is 4.42. The van der Waals surface area contributed by atoms with Gasteiger partial charge in [0.1, 0.15) is 6.54 Å². The number of fused-ring (bicyclic) bond motifs is 1. The van der Waals surface area contributed by atoms with Gasteiger partial charge in [0.15, 0.2) is 0 Å². The van der Waals surface area contributed by atoms with E-state index in [4.69, 9.17) is 0 Å². The molecule has 0 atom stereocenters. The van der Waals surface area contributed by atoms with Crippen LogP contribution in [0.3, 0.4) is 0 Å². The zero-order valence-electron chi connectivity index (χ0n) is 10.1. The highest BCUT2D eigenvalue weighted by Crippen LogP contribution is 2.18. The van der Waals surface area contributed by atoms with E-state index in [9.17, 15) is 9.59 Å². The van der Waals surface area contributed by atoms with E-state index in [0.717, 1.165) is 17.5 Å². The molecule has 90 valence electrons. The van der Waals surface area contributed by atoms with Gasteiger partial charge in [-0.05, 0) is 18.1 Å². The smallest absolute Gasteiger partial charge is 0.254 e. The standard InChI is InChI=1S/C13H16N2O2/c1-14(2)12(16)9-15-8-7-10-5-3-4-6-11(10)13(15)17/h3-6H,7-9H2,1-2H3. The lowest BCUT2D eigenvalue weighted by molar-refractivity contribution is -0.129. The summed E-state index contributed by atoms with van der Waals surface area (Å²) in [6.45, 7) is 0.787. The van der Waals surface area contributed by atoms with Crippen molar-refractivity contribution in [2.24, 2.45) is 0 Å². The summed E-state index contributed by atoms with van der Waals surface area (Å²) >= 11 is 0. The first kappa shape index (κ1) is 11.6. The van der Waals surface area contributed by atoms with Gasteiger partial charge in [0.05, 0.1) is 0 Å². The lowest BCUT2D eigenvalue weighted by atomic mass is 9.99. The molecular weight excluding hydrogens is 216 g/mol. The molecule has 4 nitrogen and oxygen atoms in total. The van der Waals surface area contributed by atoms with Crippen molar-refractivity contribution in [1.29, 1.82) is 0 Å². The summed E-state index contributed by atoms with van der Waals surface area (Å²) in [7, 11) is 3.40. The molecular formula is C13H16N2O2. The van der Waals surface area contributed by atoms with E-state index in [1.165, 1.54) is 4.90 Å². The molecule has 4 heteroatoms. The third kappa shape index (κ3) is 2.30. The van der Waals surface area contributed by atoms with E-state index in [-0.39, 0.29) is 18.4 Å². The quantitative estimate of drug-likeness (QED) is 0.755. The highest BCUT2D eigenvalue weighted by Gasteiger charge is 2.25. The van der Waals surface area contributed by atoms with Crippen molar-refractivity contribution in [3.8, 4) is 0 Å². The van der Waals surface area contributed by atoms with E-state index in [0.29, 0.717) is 6.54 Å². The summed E-state index contributed by atoms with van der Waals surface area (Å²) in [5, 5.41) is 0. The first-order valence-electron chi connectivity index (χ1n) is 5.67. The van der Waals surface area contributed by atoms with Gasteiger partial charge in [-0.2, -0.15) is 0 Å². The van der Waals surface area contributed by atoms with Crippen LogP contribution in [0.5, 0.6) is 0 Å². The number of hydrogen-bond acceptors (Lipinski definition) is 2. The molecule has 0 aromatic heterocycles. The lowest BCUT2D eigenvalue weighted by Gasteiger charge is -2.28. The van der Waals surface area contributed by atoms with Gasteiger partial charge < -0.3 is 9.80 Å². The second kappa shape index (κ2) is 4.57. The number of nitrogens with zero attached hydrogens (tertiary/aromatic N) is 2. The molecule has 0 N–H and O–H groups in total. The van der Waals surface area contributed by atoms with Crippen LogP contribution in [0.1, 0.15) is 15.9 Å². The normalized spacial score (nSPS) is 14.5. The summed E-state index contributed by atoms with van der Waals surface area (Å²) in [5.41, 5.74) is 1.80. The van der Waals surface area contributed by atoms with Gasteiger partial charge >= 0.3 is 0 Å². The van der Waals surface area contributed by atoms with Crippen LogP contribution in [0, 0.1) is 0 Å². The minimum absolute atomic E-state index is 0.0398. The summed E-state index contributed by atoms with van der Waals surface area (Å²) in [5.74, 6) is -0.0835. The fourth-order valence-corrected chi connectivity index (χ4v) is 1.93. The molecule has 2 rings (SSSR count). The molecule has 0 fully saturated rings. The van der Waals surface area contributed by atoms with Crippen molar-refractivity contribution >= 4 is 11.8 Å². The Kier molecular flexibility index (Phi) is 3.13. The highest BCUT2D eigenvalue weighted by molar-refractivity contribution is 5.98. The maximum Gasteiger partial charge on any atom is 0.254 e. The van der Waals surface area contributed by atoms with Crippen molar-refractivity contribution in [2.75, 3.05) is 27.2 Å². The van der Waals surface area contributed by atoms with Crippen molar-refractivity contribution < 1.29 is 9.59 Å². The van der Waals surface area contributed by atoms with Gasteiger partial charge in [-0.3, -0.25) is 9.59 Å². The van der Waals surface area contributed by atoms with Crippen molar-refractivity contribution in [1.82, 2.24) is 9.80 Å². The average Bonchev–Trinajstić information content (AvgIpc) is 2.33. The third-order valence-electron chi connectivity index (χ3n) is 3.01. The molecule has 0 radical (unpaired) electrons. The number of benzene rings is 1.